The molecule has 1 rings (SSSR count). The second-order valence-electron chi connectivity index (χ2n) is 3.21. The van der Waals surface area contributed by atoms with E-state index in [1.165, 1.54) is 7.11 Å². The molecule has 6 heteroatoms. The highest BCUT2D eigenvalue weighted by Gasteiger charge is 2.20. The van der Waals surface area contributed by atoms with Crippen molar-refractivity contribution >= 4 is 5.97 Å². The maximum Gasteiger partial charge on any atom is 0.325 e. The van der Waals surface area contributed by atoms with Crippen LogP contribution in [0.4, 0.5) is 8.78 Å². The Morgan fingerprint density at radius 1 is 1.50 bits per heavy atom. The Morgan fingerprint density at radius 2 is 2.12 bits per heavy atom. The van der Waals surface area contributed by atoms with E-state index in [1.54, 1.807) is 0 Å². The number of halogens is 2. The number of hydrogen-bond acceptors (Lipinski definition) is 3. The van der Waals surface area contributed by atoms with Gasteiger partial charge in [0.05, 0.1) is 6.61 Å². The lowest BCUT2D eigenvalue weighted by molar-refractivity contribution is -0.138. The van der Waals surface area contributed by atoms with Gasteiger partial charge in [-0.15, -0.1) is 0 Å². The summed E-state index contributed by atoms with van der Waals surface area (Å²) < 4.78 is 31.4. The first-order valence-electron chi connectivity index (χ1n) is 4.42. The average molecular weight is 231 g/mol. The molecule has 0 saturated heterocycles. The molecule has 1 aromatic rings. The van der Waals surface area contributed by atoms with Gasteiger partial charge in [0.25, 0.3) is 0 Å². The summed E-state index contributed by atoms with van der Waals surface area (Å²) in [6.07, 6.45) is 0. The molecule has 0 saturated carbocycles. The molecule has 0 radical (unpaired) electrons. The van der Waals surface area contributed by atoms with Crippen LogP contribution in [-0.2, 0) is 16.1 Å². The van der Waals surface area contributed by atoms with Crippen molar-refractivity contribution in [3.8, 4) is 0 Å². The molecule has 1 aromatic carbocycles. The molecule has 0 spiro atoms. The minimum atomic E-state index is -1.58. The van der Waals surface area contributed by atoms with Crippen LogP contribution in [0.5, 0.6) is 0 Å². The van der Waals surface area contributed by atoms with Crippen molar-refractivity contribution in [2.75, 3.05) is 7.11 Å². The average Bonchev–Trinajstić information content (AvgIpc) is 2.22. The second-order valence-corrected chi connectivity index (χ2v) is 3.21. The van der Waals surface area contributed by atoms with Crippen LogP contribution in [0.2, 0.25) is 0 Å². The topological polar surface area (TPSA) is 72.5 Å². The number of rotatable bonds is 4. The van der Waals surface area contributed by atoms with Crippen LogP contribution in [0.3, 0.4) is 0 Å². The van der Waals surface area contributed by atoms with Gasteiger partial charge in [-0.2, -0.15) is 0 Å². The van der Waals surface area contributed by atoms with Crippen LogP contribution >= 0.6 is 0 Å². The number of aliphatic carboxylic acids is 1. The minimum Gasteiger partial charge on any atom is -0.480 e. The molecule has 4 nitrogen and oxygen atoms in total. The summed E-state index contributed by atoms with van der Waals surface area (Å²) in [5.74, 6) is -3.02. The largest absolute Gasteiger partial charge is 0.480 e. The standard InChI is InChI=1S/C10H11F2NO3/c1-16-4-5-2-8(12)6(3-7(5)11)9(13)10(14)15/h2-3,9H,4,13H2,1H3,(H,14,15). The predicted molar refractivity (Wildman–Crippen MR) is 51.6 cm³/mol. The number of carbonyl (C=O) groups is 1. The highest BCUT2D eigenvalue weighted by Crippen LogP contribution is 2.20. The van der Waals surface area contributed by atoms with Crippen LogP contribution < -0.4 is 5.73 Å². The van der Waals surface area contributed by atoms with Crippen LogP contribution in [0.15, 0.2) is 12.1 Å². The van der Waals surface area contributed by atoms with E-state index in [4.69, 9.17) is 10.8 Å². The fourth-order valence-electron chi connectivity index (χ4n) is 1.24. The molecule has 0 heterocycles. The monoisotopic (exact) mass is 231 g/mol. The first-order chi connectivity index (χ1) is 7.47. The summed E-state index contributed by atoms with van der Waals surface area (Å²) >= 11 is 0. The zero-order chi connectivity index (χ0) is 12.3. The summed E-state index contributed by atoms with van der Waals surface area (Å²) in [6.45, 7) is -0.0919. The molecular formula is C10H11F2NO3. The molecular weight excluding hydrogens is 220 g/mol. The van der Waals surface area contributed by atoms with Gasteiger partial charge in [0.15, 0.2) is 0 Å². The summed E-state index contributed by atoms with van der Waals surface area (Å²) in [6, 6.07) is 0.0884. The molecule has 88 valence electrons. The van der Waals surface area contributed by atoms with Crippen molar-refractivity contribution in [2.45, 2.75) is 12.6 Å². The molecule has 0 aliphatic rings. The lowest BCUT2D eigenvalue weighted by Crippen LogP contribution is -2.22. The van der Waals surface area contributed by atoms with Crippen molar-refractivity contribution in [3.05, 3.63) is 34.9 Å². The fourth-order valence-corrected chi connectivity index (χ4v) is 1.24. The van der Waals surface area contributed by atoms with E-state index >= 15 is 0 Å². The number of hydrogen-bond donors (Lipinski definition) is 2. The zero-order valence-electron chi connectivity index (χ0n) is 8.54. The number of methoxy groups -OCH3 is 1. The van der Waals surface area contributed by atoms with Gasteiger partial charge in [0.1, 0.15) is 17.7 Å². The number of carboxylic acid groups (broad SMARTS) is 1. The lowest BCUT2D eigenvalue weighted by Gasteiger charge is -2.10. The Labute approximate surface area is 90.6 Å². The smallest absolute Gasteiger partial charge is 0.325 e. The van der Waals surface area contributed by atoms with E-state index in [-0.39, 0.29) is 17.7 Å². The normalized spacial score (nSPS) is 12.5. The van der Waals surface area contributed by atoms with Gasteiger partial charge >= 0.3 is 5.97 Å². The molecule has 1 atom stereocenters. The Morgan fingerprint density at radius 3 is 2.62 bits per heavy atom. The molecule has 0 aliphatic carbocycles. The van der Waals surface area contributed by atoms with Crippen molar-refractivity contribution in [2.24, 2.45) is 5.73 Å². The van der Waals surface area contributed by atoms with Crippen molar-refractivity contribution < 1.29 is 23.4 Å². The van der Waals surface area contributed by atoms with Crippen molar-refractivity contribution in [1.82, 2.24) is 0 Å². The van der Waals surface area contributed by atoms with E-state index in [9.17, 15) is 13.6 Å². The first kappa shape index (κ1) is 12.5. The van der Waals surface area contributed by atoms with Crippen molar-refractivity contribution in [1.29, 1.82) is 0 Å². The Kier molecular flexibility index (Phi) is 3.92. The lowest BCUT2D eigenvalue weighted by atomic mass is 10.0. The van der Waals surface area contributed by atoms with Gasteiger partial charge in [-0.1, -0.05) is 0 Å². The molecule has 0 amide bonds. The number of benzene rings is 1. The van der Waals surface area contributed by atoms with Crippen LogP contribution in [0.25, 0.3) is 0 Å². The van der Waals surface area contributed by atoms with Gasteiger partial charge in [-0.25, -0.2) is 8.78 Å². The Balaban J connectivity index is 3.14. The van der Waals surface area contributed by atoms with Crippen LogP contribution in [-0.4, -0.2) is 18.2 Å². The van der Waals surface area contributed by atoms with Crippen molar-refractivity contribution in [3.63, 3.8) is 0 Å². The summed E-state index contributed by atoms with van der Waals surface area (Å²) in [7, 11) is 1.34. The van der Waals surface area contributed by atoms with E-state index in [2.05, 4.69) is 4.74 Å². The quantitative estimate of drug-likeness (QED) is 0.816. The maximum atomic E-state index is 13.4. The SMILES string of the molecule is COCc1cc(F)c(C(N)C(=O)O)cc1F. The number of nitrogens with two attached hydrogens (primary N) is 1. The summed E-state index contributed by atoms with van der Waals surface area (Å²) in [5.41, 5.74) is 4.82. The number of carboxylic acids is 1. The van der Waals surface area contributed by atoms with E-state index in [0.29, 0.717) is 0 Å². The Hall–Kier alpha value is -1.53. The Bertz CT molecular complexity index is 409. The first-order valence-corrected chi connectivity index (χ1v) is 4.42. The molecule has 0 aliphatic heterocycles. The van der Waals surface area contributed by atoms with Gasteiger partial charge in [0, 0.05) is 18.2 Å². The van der Waals surface area contributed by atoms with E-state index in [0.717, 1.165) is 12.1 Å². The number of ether oxygens (including phenoxy) is 1. The molecule has 0 aromatic heterocycles. The highest BCUT2D eigenvalue weighted by molar-refractivity contribution is 5.75. The third-order valence-electron chi connectivity index (χ3n) is 2.07. The molecule has 0 fully saturated rings. The van der Waals surface area contributed by atoms with E-state index in [1.807, 2.05) is 0 Å². The molecule has 0 bridgehead atoms. The zero-order valence-corrected chi connectivity index (χ0v) is 8.54. The van der Waals surface area contributed by atoms with Gasteiger partial charge < -0.3 is 15.6 Å². The predicted octanol–water partition coefficient (Wildman–Crippen LogP) is 1.20. The molecule has 1 unspecified atom stereocenters. The van der Waals surface area contributed by atoms with Gasteiger partial charge in [0.2, 0.25) is 0 Å². The van der Waals surface area contributed by atoms with Crippen LogP contribution in [0.1, 0.15) is 17.2 Å². The summed E-state index contributed by atoms with van der Waals surface area (Å²) in [4.78, 5) is 10.5. The third kappa shape index (κ3) is 2.53. The third-order valence-corrected chi connectivity index (χ3v) is 2.07. The van der Waals surface area contributed by atoms with Crippen LogP contribution in [0, 0.1) is 11.6 Å². The molecule has 3 N–H and O–H groups in total. The fraction of sp³-hybridized carbons (Fsp3) is 0.300. The van der Waals surface area contributed by atoms with E-state index < -0.39 is 23.6 Å². The highest BCUT2D eigenvalue weighted by atomic mass is 19.1. The minimum absolute atomic E-state index is 0.0151. The summed E-state index contributed by atoms with van der Waals surface area (Å²) in [5, 5.41) is 8.58. The van der Waals surface area contributed by atoms with Gasteiger partial charge in [-0.3, -0.25) is 4.79 Å². The second kappa shape index (κ2) is 5.00. The maximum absolute atomic E-state index is 13.4. The van der Waals surface area contributed by atoms with Gasteiger partial charge in [-0.05, 0) is 12.1 Å². The molecule has 16 heavy (non-hydrogen) atoms.